The van der Waals surface area contributed by atoms with Crippen molar-refractivity contribution in [2.75, 3.05) is 6.54 Å². The topological polar surface area (TPSA) is 42.2 Å². The van der Waals surface area contributed by atoms with Gasteiger partial charge in [0.1, 0.15) is 0 Å². The van der Waals surface area contributed by atoms with Gasteiger partial charge in [0, 0.05) is 0 Å². The Morgan fingerprint density at radius 1 is 1.75 bits per heavy atom. The highest BCUT2D eigenvalue weighted by Crippen LogP contribution is 1.99. The number of carbonyl (C=O) groups excluding carboxylic acids is 1. The minimum Gasteiger partial charge on any atom is -0.472 e. The van der Waals surface area contributed by atoms with Crippen molar-refractivity contribution in [3.05, 3.63) is 24.2 Å². The van der Waals surface area contributed by atoms with Crippen molar-refractivity contribution < 1.29 is 9.21 Å². The van der Waals surface area contributed by atoms with Gasteiger partial charge in [0.2, 0.25) is 5.91 Å². The first-order valence-corrected chi connectivity index (χ1v) is 3.54. The zero-order valence-electron chi connectivity index (χ0n) is 6.54. The van der Waals surface area contributed by atoms with E-state index in [1.54, 1.807) is 6.07 Å². The van der Waals surface area contributed by atoms with E-state index in [0.717, 1.165) is 5.56 Å². The van der Waals surface area contributed by atoms with Gasteiger partial charge in [0.05, 0.1) is 25.5 Å². The fraction of sp³-hybridized carbons (Fsp3) is 0.222. The molecule has 0 atom stereocenters. The zero-order chi connectivity index (χ0) is 8.81. The second kappa shape index (κ2) is 4.24. The fourth-order valence-electron chi connectivity index (χ4n) is 0.791. The Kier molecular flexibility index (Phi) is 2.97. The highest BCUT2D eigenvalue weighted by atomic mass is 16.3. The first-order chi connectivity index (χ1) is 5.83. The first-order valence-electron chi connectivity index (χ1n) is 3.54. The molecule has 62 valence electrons. The summed E-state index contributed by atoms with van der Waals surface area (Å²) in [4.78, 5) is 11.0. The van der Waals surface area contributed by atoms with E-state index in [0.29, 0.717) is 6.42 Å². The van der Waals surface area contributed by atoms with E-state index >= 15 is 0 Å². The van der Waals surface area contributed by atoms with Gasteiger partial charge in [-0.25, -0.2) is 0 Å². The molecule has 0 saturated heterocycles. The van der Waals surface area contributed by atoms with Crippen molar-refractivity contribution in [2.24, 2.45) is 0 Å². The van der Waals surface area contributed by atoms with Crippen LogP contribution in [0.2, 0.25) is 0 Å². The number of furan rings is 1. The van der Waals surface area contributed by atoms with E-state index in [1.807, 2.05) is 0 Å². The third-order valence-corrected chi connectivity index (χ3v) is 1.33. The predicted octanol–water partition coefficient (Wildman–Crippen LogP) is 0.571. The number of rotatable bonds is 3. The van der Waals surface area contributed by atoms with E-state index in [4.69, 9.17) is 10.8 Å². The van der Waals surface area contributed by atoms with Crippen LogP contribution < -0.4 is 5.32 Å². The van der Waals surface area contributed by atoms with Crippen LogP contribution in [0, 0.1) is 12.3 Å². The summed E-state index contributed by atoms with van der Waals surface area (Å²) in [6, 6.07) is 1.75. The Morgan fingerprint density at radius 2 is 2.58 bits per heavy atom. The quantitative estimate of drug-likeness (QED) is 0.662. The van der Waals surface area contributed by atoms with Gasteiger partial charge in [-0.3, -0.25) is 4.79 Å². The molecule has 3 heteroatoms. The molecule has 0 aromatic carbocycles. The molecule has 0 fully saturated rings. The lowest BCUT2D eigenvalue weighted by Gasteiger charge is -1.97. The monoisotopic (exact) mass is 163 g/mol. The number of hydrogen-bond acceptors (Lipinski definition) is 2. The summed E-state index contributed by atoms with van der Waals surface area (Å²) in [5.41, 5.74) is 0.851. The largest absolute Gasteiger partial charge is 0.472 e. The lowest BCUT2D eigenvalue weighted by Crippen LogP contribution is -2.24. The minimum absolute atomic E-state index is 0.0886. The van der Waals surface area contributed by atoms with Gasteiger partial charge >= 0.3 is 0 Å². The molecule has 0 saturated carbocycles. The maximum atomic E-state index is 11.0. The van der Waals surface area contributed by atoms with Crippen molar-refractivity contribution in [1.29, 1.82) is 0 Å². The van der Waals surface area contributed by atoms with E-state index in [1.165, 1.54) is 12.5 Å². The van der Waals surface area contributed by atoms with Crippen molar-refractivity contribution in [3.63, 3.8) is 0 Å². The van der Waals surface area contributed by atoms with Gasteiger partial charge in [-0.2, -0.15) is 0 Å². The molecule has 0 unspecified atom stereocenters. The number of terminal acetylenes is 1. The molecule has 12 heavy (non-hydrogen) atoms. The van der Waals surface area contributed by atoms with E-state index in [2.05, 4.69) is 11.2 Å². The van der Waals surface area contributed by atoms with Gasteiger partial charge in [-0.05, 0) is 11.6 Å². The van der Waals surface area contributed by atoms with Crippen LogP contribution in [0.1, 0.15) is 5.56 Å². The molecule has 1 aromatic rings. The highest BCUT2D eigenvalue weighted by Gasteiger charge is 2.01. The van der Waals surface area contributed by atoms with Gasteiger partial charge in [0.25, 0.3) is 0 Å². The maximum Gasteiger partial charge on any atom is 0.225 e. The van der Waals surface area contributed by atoms with Crippen LogP contribution in [0.5, 0.6) is 0 Å². The molecular weight excluding hydrogens is 154 g/mol. The Hall–Kier alpha value is -1.69. The van der Waals surface area contributed by atoms with E-state index in [-0.39, 0.29) is 12.5 Å². The first kappa shape index (κ1) is 8.41. The average molecular weight is 163 g/mol. The molecule has 1 rings (SSSR count). The average Bonchev–Trinajstić information content (AvgIpc) is 2.53. The third-order valence-electron chi connectivity index (χ3n) is 1.33. The molecule has 0 aliphatic heterocycles. The lowest BCUT2D eigenvalue weighted by molar-refractivity contribution is -0.120. The molecule has 1 N–H and O–H groups in total. The summed E-state index contributed by atoms with van der Waals surface area (Å²) < 4.78 is 4.80. The normalized spacial score (nSPS) is 8.92. The summed E-state index contributed by atoms with van der Waals surface area (Å²) in [6.45, 7) is 0.274. The van der Waals surface area contributed by atoms with Crippen molar-refractivity contribution in [1.82, 2.24) is 5.32 Å². The number of amides is 1. The Morgan fingerprint density at radius 3 is 3.17 bits per heavy atom. The summed E-state index contributed by atoms with van der Waals surface area (Å²) >= 11 is 0. The van der Waals surface area contributed by atoms with Gasteiger partial charge in [-0.1, -0.05) is 5.92 Å². The Labute approximate surface area is 70.8 Å². The van der Waals surface area contributed by atoms with Crippen molar-refractivity contribution >= 4 is 5.91 Å². The van der Waals surface area contributed by atoms with Crippen LogP contribution in [-0.4, -0.2) is 12.5 Å². The number of nitrogens with one attached hydrogen (secondary N) is 1. The third kappa shape index (κ3) is 2.51. The highest BCUT2D eigenvalue weighted by molar-refractivity contribution is 5.78. The molecular formula is C9H9NO2. The molecule has 0 bridgehead atoms. The van der Waals surface area contributed by atoms with Crippen molar-refractivity contribution in [3.8, 4) is 12.3 Å². The van der Waals surface area contributed by atoms with Crippen LogP contribution >= 0.6 is 0 Å². The summed E-state index contributed by atoms with van der Waals surface area (Å²) in [5, 5.41) is 2.55. The Bertz CT molecular complexity index is 282. The van der Waals surface area contributed by atoms with Gasteiger partial charge < -0.3 is 9.73 Å². The number of hydrogen-bond donors (Lipinski definition) is 1. The second-order valence-corrected chi connectivity index (χ2v) is 2.29. The van der Waals surface area contributed by atoms with Crippen LogP contribution in [0.3, 0.4) is 0 Å². The molecule has 1 amide bonds. The van der Waals surface area contributed by atoms with Gasteiger partial charge in [-0.15, -0.1) is 6.42 Å². The summed E-state index contributed by atoms with van der Waals surface area (Å²) in [7, 11) is 0. The van der Waals surface area contributed by atoms with Gasteiger partial charge in [0.15, 0.2) is 0 Å². The molecule has 0 radical (unpaired) electrons. The summed E-state index contributed by atoms with van der Waals surface area (Å²) in [6.07, 6.45) is 8.35. The lowest BCUT2D eigenvalue weighted by atomic mass is 10.2. The molecule has 3 nitrogen and oxygen atoms in total. The zero-order valence-corrected chi connectivity index (χ0v) is 6.54. The smallest absolute Gasteiger partial charge is 0.225 e. The molecule has 0 aliphatic rings. The maximum absolute atomic E-state index is 11.0. The van der Waals surface area contributed by atoms with E-state index in [9.17, 15) is 4.79 Å². The fourth-order valence-corrected chi connectivity index (χ4v) is 0.791. The van der Waals surface area contributed by atoms with Crippen LogP contribution in [0.15, 0.2) is 23.0 Å². The predicted molar refractivity (Wildman–Crippen MR) is 44.3 cm³/mol. The van der Waals surface area contributed by atoms with Crippen LogP contribution in [0.4, 0.5) is 0 Å². The Balaban J connectivity index is 2.33. The molecule has 1 aromatic heterocycles. The number of carbonyl (C=O) groups is 1. The SMILES string of the molecule is C#CCNC(=O)Cc1ccoc1. The van der Waals surface area contributed by atoms with Crippen LogP contribution in [0.25, 0.3) is 0 Å². The van der Waals surface area contributed by atoms with Crippen LogP contribution in [-0.2, 0) is 11.2 Å². The summed E-state index contributed by atoms with van der Waals surface area (Å²) in [5.74, 6) is 2.23. The second-order valence-electron chi connectivity index (χ2n) is 2.29. The molecule has 0 spiro atoms. The molecule has 0 aliphatic carbocycles. The molecule has 1 heterocycles. The van der Waals surface area contributed by atoms with Crippen molar-refractivity contribution in [2.45, 2.75) is 6.42 Å². The van der Waals surface area contributed by atoms with E-state index < -0.39 is 0 Å². The standard InChI is InChI=1S/C9H9NO2/c1-2-4-10-9(11)6-8-3-5-12-7-8/h1,3,5,7H,4,6H2,(H,10,11). The minimum atomic E-state index is -0.0886.